The van der Waals surface area contributed by atoms with Gasteiger partial charge < -0.3 is 9.73 Å². The lowest BCUT2D eigenvalue weighted by Crippen LogP contribution is -2.24. The van der Waals surface area contributed by atoms with Gasteiger partial charge in [0, 0.05) is 22.9 Å². The largest absolute Gasteiger partial charge is 0.450 e. The van der Waals surface area contributed by atoms with E-state index < -0.39 is 0 Å². The van der Waals surface area contributed by atoms with Crippen LogP contribution in [0.25, 0.3) is 33.2 Å². The molecule has 1 aromatic heterocycles. The first kappa shape index (κ1) is 20.9. The van der Waals surface area contributed by atoms with Gasteiger partial charge in [0.2, 0.25) is 0 Å². The molecule has 158 valence electrons. The van der Waals surface area contributed by atoms with Gasteiger partial charge in [0.1, 0.15) is 5.76 Å². The van der Waals surface area contributed by atoms with Gasteiger partial charge in [-0.25, -0.2) is 0 Å². The number of benzene rings is 3. The van der Waals surface area contributed by atoms with Crippen LogP contribution in [0.3, 0.4) is 0 Å². The number of unbranched alkanes of at least 4 members (excludes halogenated alkanes) is 4. The molecule has 0 fully saturated rings. The number of hydrogen-bond acceptors (Lipinski definition) is 2. The van der Waals surface area contributed by atoms with Gasteiger partial charge in [-0.15, -0.1) is 0 Å². The van der Waals surface area contributed by atoms with Crippen LogP contribution in [0.5, 0.6) is 0 Å². The normalized spacial score (nSPS) is 11.0. The van der Waals surface area contributed by atoms with E-state index in [0.717, 1.165) is 46.1 Å². The molecule has 0 atom stereocenters. The van der Waals surface area contributed by atoms with Crippen molar-refractivity contribution in [2.24, 2.45) is 0 Å². The second kappa shape index (κ2) is 10.1. The van der Waals surface area contributed by atoms with Crippen LogP contribution < -0.4 is 5.32 Å². The van der Waals surface area contributed by atoms with Crippen LogP contribution >= 0.6 is 0 Å². The van der Waals surface area contributed by atoms with Crippen molar-refractivity contribution in [2.75, 3.05) is 6.54 Å². The Morgan fingerprint density at radius 3 is 2.13 bits per heavy atom. The summed E-state index contributed by atoms with van der Waals surface area (Å²) in [7, 11) is 0. The number of nitrogens with one attached hydrogen (secondary N) is 1. The second-order valence-corrected chi connectivity index (χ2v) is 7.92. The second-order valence-electron chi connectivity index (χ2n) is 7.92. The number of fused-ring (bicyclic) bond motifs is 1. The van der Waals surface area contributed by atoms with E-state index >= 15 is 0 Å². The minimum absolute atomic E-state index is 0.143. The number of furan rings is 1. The molecule has 0 radical (unpaired) electrons. The van der Waals surface area contributed by atoms with Gasteiger partial charge in [-0.3, -0.25) is 4.79 Å². The topological polar surface area (TPSA) is 42.2 Å². The van der Waals surface area contributed by atoms with Crippen LogP contribution in [-0.2, 0) is 0 Å². The Kier molecular flexibility index (Phi) is 6.83. The van der Waals surface area contributed by atoms with Gasteiger partial charge in [-0.2, -0.15) is 0 Å². The van der Waals surface area contributed by atoms with E-state index in [1.807, 2.05) is 54.6 Å². The molecule has 3 nitrogen and oxygen atoms in total. The summed E-state index contributed by atoms with van der Waals surface area (Å²) in [4.78, 5) is 12.9. The zero-order valence-corrected chi connectivity index (χ0v) is 18.1. The highest BCUT2D eigenvalue weighted by Gasteiger charge is 2.20. The van der Waals surface area contributed by atoms with E-state index in [2.05, 4.69) is 36.5 Å². The van der Waals surface area contributed by atoms with E-state index in [-0.39, 0.29) is 5.91 Å². The predicted molar refractivity (Wildman–Crippen MR) is 128 cm³/mol. The van der Waals surface area contributed by atoms with Gasteiger partial charge in [-0.05, 0) is 29.7 Å². The molecule has 31 heavy (non-hydrogen) atoms. The maximum absolute atomic E-state index is 12.9. The summed E-state index contributed by atoms with van der Waals surface area (Å²) in [5, 5.41) is 4.85. The monoisotopic (exact) mass is 411 g/mol. The molecule has 0 aliphatic heterocycles. The van der Waals surface area contributed by atoms with Crippen molar-refractivity contribution in [1.29, 1.82) is 0 Å². The molecule has 3 aromatic carbocycles. The Balaban J connectivity index is 1.65. The summed E-state index contributed by atoms with van der Waals surface area (Å²) in [6, 6.07) is 26.4. The lowest BCUT2D eigenvalue weighted by Gasteiger charge is -2.04. The molecule has 0 aliphatic rings. The van der Waals surface area contributed by atoms with Gasteiger partial charge >= 0.3 is 0 Å². The van der Waals surface area contributed by atoms with E-state index in [1.165, 1.54) is 19.3 Å². The predicted octanol–water partition coefficient (Wildman–Crippen LogP) is 7.47. The average molecular weight is 412 g/mol. The van der Waals surface area contributed by atoms with Crippen LogP contribution in [0.15, 0.2) is 83.3 Å². The van der Waals surface area contributed by atoms with Crippen molar-refractivity contribution >= 4 is 16.7 Å². The van der Waals surface area contributed by atoms with Crippen molar-refractivity contribution in [3.8, 4) is 22.5 Å². The molecule has 0 saturated carbocycles. The van der Waals surface area contributed by atoms with Gasteiger partial charge in [0.25, 0.3) is 5.91 Å². The van der Waals surface area contributed by atoms with Crippen molar-refractivity contribution in [2.45, 2.75) is 39.0 Å². The summed E-state index contributed by atoms with van der Waals surface area (Å²) in [5.74, 6) is 0.985. The number of amides is 1. The zero-order chi connectivity index (χ0) is 21.5. The summed E-state index contributed by atoms with van der Waals surface area (Å²) < 4.78 is 6.19. The van der Waals surface area contributed by atoms with Crippen molar-refractivity contribution in [3.05, 3.63) is 84.6 Å². The first-order valence-electron chi connectivity index (χ1n) is 11.2. The maximum Gasteiger partial charge on any atom is 0.287 e. The summed E-state index contributed by atoms with van der Waals surface area (Å²) >= 11 is 0. The van der Waals surface area contributed by atoms with Gasteiger partial charge in [0.15, 0.2) is 5.76 Å². The lowest BCUT2D eigenvalue weighted by molar-refractivity contribution is 0.0928. The fourth-order valence-electron chi connectivity index (χ4n) is 3.94. The fraction of sp³-hybridized carbons (Fsp3) is 0.250. The Labute approximate surface area is 184 Å². The average Bonchev–Trinajstić information content (AvgIpc) is 3.21. The van der Waals surface area contributed by atoms with Crippen molar-refractivity contribution < 1.29 is 9.21 Å². The third kappa shape index (κ3) is 4.88. The fourth-order valence-corrected chi connectivity index (χ4v) is 3.94. The highest BCUT2D eigenvalue weighted by molar-refractivity contribution is 6.10. The van der Waals surface area contributed by atoms with Crippen LogP contribution in [0.2, 0.25) is 0 Å². The van der Waals surface area contributed by atoms with E-state index in [1.54, 1.807) is 0 Å². The summed E-state index contributed by atoms with van der Waals surface area (Å²) in [6.45, 7) is 2.88. The van der Waals surface area contributed by atoms with Crippen LogP contribution in [0.1, 0.15) is 49.6 Å². The standard InChI is InChI=1S/C28H29NO2/c1-2-3-4-5-12-19-29-28(30)27-24-18-17-23(21-13-8-6-9-14-21)20-25(24)26(31-27)22-15-10-7-11-16-22/h6-11,13-18,20H,2-5,12,19H2,1H3,(H,29,30). The van der Waals surface area contributed by atoms with Crippen molar-refractivity contribution in [3.63, 3.8) is 0 Å². The quantitative estimate of drug-likeness (QED) is 0.290. The Hall–Kier alpha value is -3.33. The molecule has 1 heterocycles. The summed E-state index contributed by atoms with van der Waals surface area (Å²) in [5.41, 5.74) is 3.22. The van der Waals surface area contributed by atoms with Gasteiger partial charge in [0.05, 0.1) is 0 Å². The first-order chi connectivity index (χ1) is 15.3. The molecule has 4 rings (SSSR count). The highest BCUT2D eigenvalue weighted by atomic mass is 16.4. The zero-order valence-electron chi connectivity index (χ0n) is 18.1. The minimum Gasteiger partial charge on any atom is -0.450 e. The minimum atomic E-state index is -0.143. The molecule has 3 heteroatoms. The maximum atomic E-state index is 12.9. The third-order valence-corrected chi connectivity index (χ3v) is 5.63. The molecular formula is C28H29NO2. The first-order valence-corrected chi connectivity index (χ1v) is 11.2. The number of carbonyl (C=O) groups excluding carboxylic acids is 1. The highest BCUT2D eigenvalue weighted by Crippen LogP contribution is 2.36. The SMILES string of the molecule is CCCCCCCNC(=O)c1oc(-c2ccccc2)c2cc(-c3ccccc3)ccc12. The molecule has 0 saturated heterocycles. The number of rotatable bonds is 9. The molecule has 1 amide bonds. The smallest absolute Gasteiger partial charge is 0.287 e. The van der Waals surface area contributed by atoms with Crippen LogP contribution in [-0.4, -0.2) is 12.5 Å². The molecule has 4 aromatic rings. The number of carbonyl (C=O) groups is 1. The van der Waals surface area contributed by atoms with E-state index in [4.69, 9.17) is 4.42 Å². The Morgan fingerprint density at radius 1 is 0.742 bits per heavy atom. The lowest BCUT2D eigenvalue weighted by atomic mass is 10.00. The molecular weight excluding hydrogens is 382 g/mol. The van der Waals surface area contributed by atoms with Gasteiger partial charge in [-0.1, -0.05) is 99.3 Å². The van der Waals surface area contributed by atoms with Crippen LogP contribution in [0.4, 0.5) is 0 Å². The van der Waals surface area contributed by atoms with Crippen molar-refractivity contribution in [1.82, 2.24) is 5.32 Å². The van der Waals surface area contributed by atoms with Crippen LogP contribution in [0, 0.1) is 0 Å². The molecule has 1 N–H and O–H groups in total. The van der Waals surface area contributed by atoms with E-state index in [9.17, 15) is 4.79 Å². The molecule has 0 bridgehead atoms. The number of hydrogen-bond donors (Lipinski definition) is 1. The molecule has 0 spiro atoms. The molecule has 0 unspecified atom stereocenters. The molecule has 0 aliphatic carbocycles. The Bertz CT molecular complexity index is 1130. The summed E-state index contributed by atoms with van der Waals surface area (Å²) in [6.07, 6.45) is 5.83. The van der Waals surface area contributed by atoms with E-state index in [0.29, 0.717) is 12.3 Å². The third-order valence-electron chi connectivity index (χ3n) is 5.63. The Morgan fingerprint density at radius 2 is 1.42 bits per heavy atom.